The first kappa shape index (κ1) is 9.21. The molecule has 0 amide bonds. The number of nitrogens with zero attached hydrogens (tertiary/aromatic N) is 2. The van der Waals surface area contributed by atoms with Gasteiger partial charge in [-0.3, -0.25) is 0 Å². The third-order valence-corrected chi connectivity index (χ3v) is 2.08. The Bertz CT molecular complexity index is 445. The second-order valence-corrected chi connectivity index (χ2v) is 3.48. The first-order chi connectivity index (χ1) is 6.66. The van der Waals surface area contributed by atoms with Crippen molar-refractivity contribution in [1.82, 2.24) is 9.97 Å². The summed E-state index contributed by atoms with van der Waals surface area (Å²) in [6.07, 6.45) is 1.62. The fraction of sp³-hybridized carbons (Fsp3) is 0.200. The summed E-state index contributed by atoms with van der Waals surface area (Å²) >= 11 is 5.83. The molecule has 0 fully saturated rings. The Kier molecular flexibility index (Phi) is 2.25. The van der Waals surface area contributed by atoms with Gasteiger partial charge >= 0.3 is 0 Å². The molecule has 14 heavy (non-hydrogen) atoms. The van der Waals surface area contributed by atoms with Crippen LogP contribution in [0.1, 0.15) is 11.3 Å². The average Bonchev–Trinajstić information content (AvgIpc) is 2.49. The van der Waals surface area contributed by atoms with Gasteiger partial charge in [0.2, 0.25) is 0 Å². The van der Waals surface area contributed by atoms with E-state index in [9.17, 15) is 0 Å². The summed E-state index contributed by atoms with van der Waals surface area (Å²) in [5.74, 6) is 1.22. The Hall–Kier alpha value is -1.35. The minimum absolute atomic E-state index is 0.434. The Morgan fingerprint density at radius 1 is 1.29 bits per heavy atom. The van der Waals surface area contributed by atoms with Crippen LogP contribution >= 0.6 is 11.6 Å². The first-order valence-electron chi connectivity index (χ1n) is 4.22. The van der Waals surface area contributed by atoms with Crippen molar-refractivity contribution in [2.45, 2.75) is 13.8 Å². The van der Waals surface area contributed by atoms with Gasteiger partial charge in [-0.05, 0) is 31.5 Å². The normalized spacial score (nSPS) is 10.5. The van der Waals surface area contributed by atoms with Crippen LogP contribution < -0.4 is 0 Å². The Labute approximate surface area is 86.8 Å². The molecule has 2 aromatic rings. The molecule has 2 aromatic heterocycles. The van der Waals surface area contributed by atoms with Gasteiger partial charge < -0.3 is 4.42 Å². The fourth-order valence-corrected chi connectivity index (χ4v) is 1.47. The molecule has 0 N–H and O–H groups in total. The molecule has 0 radical (unpaired) electrons. The average molecular weight is 209 g/mol. The Balaban J connectivity index is 2.57. The Morgan fingerprint density at radius 2 is 2.07 bits per heavy atom. The summed E-state index contributed by atoms with van der Waals surface area (Å²) < 4.78 is 5.28. The smallest absolute Gasteiger partial charge is 0.197 e. The summed E-state index contributed by atoms with van der Waals surface area (Å²) in [5, 5.41) is 0.434. The summed E-state index contributed by atoms with van der Waals surface area (Å²) in [5.41, 5.74) is 1.84. The highest BCUT2D eigenvalue weighted by molar-refractivity contribution is 6.29. The number of hydrogen-bond acceptors (Lipinski definition) is 3. The molecule has 0 aliphatic rings. The summed E-state index contributed by atoms with van der Waals surface area (Å²) in [7, 11) is 0. The maximum atomic E-state index is 5.83. The molecule has 0 aliphatic carbocycles. The van der Waals surface area contributed by atoms with Crippen molar-refractivity contribution < 1.29 is 4.42 Å². The minimum Gasteiger partial charge on any atom is -0.461 e. The molecule has 3 nitrogen and oxygen atoms in total. The quantitative estimate of drug-likeness (QED) is 0.677. The van der Waals surface area contributed by atoms with E-state index in [1.54, 1.807) is 12.3 Å². The van der Waals surface area contributed by atoms with Crippen LogP contribution in [0.25, 0.3) is 11.6 Å². The summed E-state index contributed by atoms with van der Waals surface area (Å²) in [4.78, 5) is 8.35. The van der Waals surface area contributed by atoms with E-state index in [4.69, 9.17) is 16.0 Å². The number of furan rings is 1. The topological polar surface area (TPSA) is 38.9 Å². The van der Waals surface area contributed by atoms with E-state index in [1.165, 1.54) is 0 Å². The molecule has 72 valence electrons. The fourth-order valence-electron chi connectivity index (χ4n) is 1.23. The molecule has 0 unspecified atom stereocenters. The van der Waals surface area contributed by atoms with Crippen LogP contribution in [0.5, 0.6) is 0 Å². The van der Waals surface area contributed by atoms with Crippen molar-refractivity contribution in [3.63, 3.8) is 0 Å². The largest absolute Gasteiger partial charge is 0.461 e. The lowest BCUT2D eigenvalue weighted by Gasteiger charge is -1.99. The van der Waals surface area contributed by atoms with Crippen molar-refractivity contribution in [1.29, 1.82) is 0 Å². The van der Waals surface area contributed by atoms with Crippen LogP contribution in [-0.4, -0.2) is 9.97 Å². The van der Waals surface area contributed by atoms with Gasteiger partial charge in [-0.15, -0.1) is 0 Å². The number of aromatic nitrogens is 2. The zero-order valence-electron chi connectivity index (χ0n) is 7.91. The number of rotatable bonds is 1. The molecular formula is C10H9ClN2O. The van der Waals surface area contributed by atoms with Crippen LogP contribution in [0.4, 0.5) is 0 Å². The summed E-state index contributed by atoms with van der Waals surface area (Å²) in [6, 6.07) is 3.58. The lowest BCUT2D eigenvalue weighted by atomic mass is 10.2. The molecule has 0 saturated carbocycles. The standard InChI is InChI=1S/C10H9ClN2O/c1-6-3-4-14-9(6)10-12-7(2)5-8(11)13-10/h3-5H,1-2H3. The number of aryl methyl sites for hydroxylation is 2. The molecule has 4 heteroatoms. The lowest BCUT2D eigenvalue weighted by Crippen LogP contribution is -1.91. The zero-order chi connectivity index (χ0) is 10.1. The first-order valence-corrected chi connectivity index (χ1v) is 4.60. The highest BCUT2D eigenvalue weighted by atomic mass is 35.5. The third kappa shape index (κ3) is 1.63. The number of halogens is 1. The van der Waals surface area contributed by atoms with Gasteiger partial charge in [-0.25, -0.2) is 9.97 Å². The lowest BCUT2D eigenvalue weighted by molar-refractivity contribution is 0.575. The molecule has 2 heterocycles. The Morgan fingerprint density at radius 3 is 2.64 bits per heavy atom. The minimum atomic E-state index is 0.434. The second-order valence-electron chi connectivity index (χ2n) is 3.09. The molecule has 0 spiro atoms. The molecule has 0 aromatic carbocycles. The number of hydrogen-bond donors (Lipinski definition) is 0. The monoisotopic (exact) mass is 208 g/mol. The van der Waals surface area contributed by atoms with Crippen LogP contribution in [-0.2, 0) is 0 Å². The zero-order valence-corrected chi connectivity index (χ0v) is 8.67. The van der Waals surface area contributed by atoms with Crippen molar-refractivity contribution >= 4 is 11.6 Å². The maximum absolute atomic E-state index is 5.83. The van der Waals surface area contributed by atoms with Crippen LogP contribution in [0.15, 0.2) is 22.8 Å². The molecule has 0 atom stereocenters. The van der Waals surface area contributed by atoms with Crippen molar-refractivity contribution in [2.75, 3.05) is 0 Å². The SMILES string of the molecule is Cc1cc(Cl)nc(-c2occc2C)n1. The van der Waals surface area contributed by atoms with Crippen molar-refractivity contribution in [3.05, 3.63) is 34.8 Å². The maximum Gasteiger partial charge on any atom is 0.197 e. The molecule has 0 bridgehead atoms. The van der Waals surface area contributed by atoms with Crippen LogP contribution in [0.2, 0.25) is 5.15 Å². The van der Waals surface area contributed by atoms with Crippen molar-refractivity contribution in [3.8, 4) is 11.6 Å². The van der Waals surface area contributed by atoms with Crippen molar-refractivity contribution in [2.24, 2.45) is 0 Å². The van der Waals surface area contributed by atoms with E-state index in [0.717, 1.165) is 11.3 Å². The van der Waals surface area contributed by atoms with Crippen LogP contribution in [0, 0.1) is 13.8 Å². The molecule has 0 saturated heterocycles. The van der Waals surface area contributed by atoms with Crippen LogP contribution in [0.3, 0.4) is 0 Å². The van der Waals surface area contributed by atoms with E-state index in [0.29, 0.717) is 16.7 Å². The van der Waals surface area contributed by atoms with Gasteiger partial charge in [0.15, 0.2) is 11.6 Å². The highest BCUT2D eigenvalue weighted by Gasteiger charge is 2.09. The van der Waals surface area contributed by atoms with E-state index in [2.05, 4.69) is 9.97 Å². The second kappa shape index (κ2) is 3.42. The summed E-state index contributed by atoms with van der Waals surface area (Å²) in [6.45, 7) is 3.81. The van der Waals surface area contributed by atoms with Gasteiger partial charge in [0, 0.05) is 5.69 Å². The van der Waals surface area contributed by atoms with Gasteiger partial charge in [-0.1, -0.05) is 11.6 Å². The van der Waals surface area contributed by atoms with E-state index in [1.807, 2.05) is 19.9 Å². The van der Waals surface area contributed by atoms with Gasteiger partial charge in [0.05, 0.1) is 6.26 Å². The third-order valence-electron chi connectivity index (χ3n) is 1.89. The molecule has 0 aliphatic heterocycles. The molecule has 2 rings (SSSR count). The van der Waals surface area contributed by atoms with Gasteiger partial charge in [-0.2, -0.15) is 0 Å². The predicted octanol–water partition coefficient (Wildman–Crippen LogP) is 3.01. The van der Waals surface area contributed by atoms with E-state index < -0.39 is 0 Å². The van der Waals surface area contributed by atoms with Gasteiger partial charge in [0.25, 0.3) is 0 Å². The molecular weight excluding hydrogens is 200 g/mol. The van der Waals surface area contributed by atoms with E-state index in [-0.39, 0.29) is 0 Å². The van der Waals surface area contributed by atoms with E-state index >= 15 is 0 Å². The predicted molar refractivity (Wildman–Crippen MR) is 54.2 cm³/mol. The van der Waals surface area contributed by atoms with Gasteiger partial charge in [0.1, 0.15) is 5.15 Å². The highest BCUT2D eigenvalue weighted by Crippen LogP contribution is 2.22.